The van der Waals surface area contributed by atoms with Gasteiger partial charge in [-0.1, -0.05) is 12.1 Å². The number of amides is 2. The normalized spacial score (nSPS) is 9.96. The molecular formula is C18H23N3O5S. The van der Waals surface area contributed by atoms with E-state index in [0.717, 1.165) is 0 Å². The van der Waals surface area contributed by atoms with Gasteiger partial charge in [-0.3, -0.25) is 9.59 Å². The summed E-state index contributed by atoms with van der Waals surface area (Å²) in [6.45, 7) is 0.714. The van der Waals surface area contributed by atoms with E-state index in [9.17, 15) is 14.4 Å². The molecule has 1 N–H and O–H groups in total. The van der Waals surface area contributed by atoms with Crippen LogP contribution in [0.4, 0.5) is 0 Å². The molecule has 0 fully saturated rings. The summed E-state index contributed by atoms with van der Waals surface area (Å²) in [6.07, 6.45) is 0.210. The SMILES string of the molecule is COCCNC(=O)CSc1ccccc1C(=O)OCC(=O)N(C)CCC#N. The van der Waals surface area contributed by atoms with Gasteiger partial charge in [0.25, 0.3) is 5.91 Å². The summed E-state index contributed by atoms with van der Waals surface area (Å²) in [4.78, 5) is 37.9. The van der Waals surface area contributed by atoms with E-state index in [1.807, 2.05) is 6.07 Å². The van der Waals surface area contributed by atoms with Gasteiger partial charge in [-0.25, -0.2) is 4.79 Å². The van der Waals surface area contributed by atoms with E-state index in [4.69, 9.17) is 14.7 Å². The van der Waals surface area contributed by atoms with Crippen molar-refractivity contribution in [3.63, 3.8) is 0 Å². The van der Waals surface area contributed by atoms with E-state index >= 15 is 0 Å². The zero-order valence-electron chi connectivity index (χ0n) is 15.4. The second kappa shape index (κ2) is 12.7. The summed E-state index contributed by atoms with van der Waals surface area (Å²) in [6, 6.07) is 8.67. The molecule has 0 aliphatic heterocycles. The van der Waals surface area contributed by atoms with Crippen molar-refractivity contribution in [2.75, 3.05) is 46.2 Å². The maximum absolute atomic E-state index is 12.3. The summed E-state index contributed by atoms with van der Waals surface area (Å²) in [7, 11) is 3.09. The minimum absolute atomic E-state index is 0.143. The second-order valence-corrected chi connectivity index (χ2v) is 6.44. The van der Waals surface area contributed by atoms with Gasteiger partial charge in [0.05, 0.1) is 30.4 Å². The van der Waals surface area contributed by atoms with Gasteiger partial charge in [0, 0.05) is 32.1 Å². The molecule has 1 aromatic carbocycles. The number of benzene rings is 1. The third-order valence-corrected chi connectivity index (χ3v) is 4.48. The number of methoxy groups -OCH3 is 1. The molecule has 0 radical (unpaired) electrons. The topological polar surface area (TPSA) is 109 Å². The average molecular weight is 393 g/mol. The number of carbonyl (C=O) groups excluding carboxylic acids is 3. The molecule has 2 amide bonds. The molecule has 146 valence electrons. The fraction of sp³-hybridized carbons (Fsp3) is 0.444. The molecule has 0 aromatic heterocycles. The number of nitriles is 1. The minimum Gasteiger partial charge on any atom is -0.452 e. The van der Waals surface area contributed by atoms with E-state index in [0.29, 0.717) is 23.6 Å². The molecule has 27 heavy (non-hydrogen) atoms. The van der Waals surface area contributed by atoms with Crippen LogP contribution >= 0.6 is 11.8 Å². The molecule has 0 bridgehead atoms. The van der Waals surface area contributed by atoms with Crippen molar-refractivity contribution >= 4 is 29.5 Å². The zero-order chi connectivity index (χ0) is 20.1. The van der Waals surface area contributed by atoms with Crippen LogP contribution in [0.15, 0.2) is 29.2 Å². The first-order chi connectivity index (χ1) is 13.0. The molecule has 0 aliphatic carbocycles. The highest BCUT2D eigenvalue weighted by Gasteiger charge is 2.17. The van der Waals surface area contributed by atoms with Crippen LogP contribution in [-0.2, 0) is 19.1 Å². The first-order valence-electron chi connectivity index (χ1n) is 8.25. The Morgan fingerprint density at radius 1 is 1.30 bits per heavy atom. The molecule has 0 saturated carbocycles. The maximum atomic E-state index is 12.3. The van der Waals surface area contributed by atoms with Crippen LogP contribution in [0, 0.1) is 11.3 Å². The molecule has 1 aromatic rings. The van der Waals surface area contributed by atoms with Crippen LogP contribution in [0.5, 0.6) is 0 Å². The Morgan fingerprint density at radius 2 is 2.04 bits per heavy atom. The van der Waals surface area contributed by atoms with Crippen molar-refractivity contribution in [1.82, 2.24) is 10.2 Å². The lowest BCUT2D eigenvalue weighted by molar-refractivity contribution is -0.133. The van der Waals surface area contributed by atoms with Crippen LogP contribution < -0.4 is 5.32 Å². The van der Waals surface area contributed by atoms with Gasteiger partial charge < -0.3 is 19.7 Å². The average Bonchev–Trinajstić information content (AvgIpc) is 2.68. The highest BCUT2D eigenvalue weighted by molar-refractivity contribution is 8.00. The van der Waals surface area contributed by atoms with Gasteiger partial charge in [-0.15, -0.1) is 11.8 Å². The third-order valence-electron chi connectivity index (χ3n) is 3.41. The van der Waals surface area contributed by atoms with Crippen molar-refractivity contribution < 1.29 is 23.9 Å². The third kappa shape index (κ3) is 8.57. The Labute approximate surface area is 162 Å². The molecule has 0 unspecified atom stereocenters. The predicted molar refractivity (Wildman–Crippen MR) is 100 cm³/mol. The zero-order valence-corrected chi connectivity index (χ0v) is 16.2. The number of thioether (sulfide) groups is 1. The molecule has 9 heteroatoms. The molecule has 8 nitrogen and oxygen atoms in total. The standard InChI is InChI=1S/C18H23N3O5S/c1-21(10-5-8-19)17(23)12-26-18(24)14-6-3-4-7-15(14)27-13-16(22)20-9-11-25-2/h3-4,6-7H,5,9-13H2,1-2H3,(H,20,22). The highest BCUT2D eigenvalue weighted by atomic mass is 32.2. The number of esters is 1. The first-order valence-corrected chi connectivity index (χ1v) is 9.23. The molecule has 0 aliphatic rings. The molecule has 0 heterocycles. The Hall–Kier alpha value is -2.57. The summed E-state index contributed by atoms with van der Waals surface area (Å²) in [5, 5.41) is 11.2. The van der Waals surface area contributed by atoms with Gasteiger partial charge in [0.1, 0.15) is 0 Å². The van der Waals surface area contributed by atoms with Crippen LogP contribution in [-0.4, -0.2) is 68.9 Å². The Kier molecular flexibility index (Phi) is 10.6. The predicted octanol–water partition coefficient (Wildman–Crippen LogP) is 1.07. The number of hydrogen-bond donors (Lipinski definition) is 1. The molecule has 0 saturated heterocycles. The van der Waals surface area contributed by atoms with Gasteiger partial charge in [-0.2, -0.15) is 5.26 Å². The molecular weight excluding hydrogens is 370 g/mol. The summed E-state index contributed by atoms with van der Waals surface area (Å²) in [5.41, 5.74) is 0.291. The van der Waals surface area contributed by atoms with Gasteiger partial charge in [0.15, 0.2) is 6.61 Å². The summed E-state index contributed by atoms with van der Waals surface area (Å²) < 4.78 is 9.94. The van der Waals surface area contributed by atoms with Gasteiger partial charge >= 0.3 is 5.97 Å². The lowest BCUT2D eigenvalue weighted by atomic mass is 10.2. The smallest absolute Gasteiger partial charge is 0.339 e. The van der Waals surface area contributed by atoms with Crippen molar-refractivity contribution in [1.29, 1.82) is 5.26 Å². The second-order valence-electron chi connectivity index (χ2n) is 5.43. The van der Waals surface area contributed by atoms with Crippen LogP contribution in [0.2, 0.25) is 0 Å². The van der Waals surface area contributed by atoms with Crippen molar-refractivity contribution in [2.45, 2.75) is 11.3 Å². The van der Waals surface area contributed by atoms with Crippen molar-refractivity contribution in [3.8, 4) is 6.07 Å². The number of ether oxygens (including phenoxy) is 2. The number of rotatable bonds is 11. The Morgan fingerprint density at radius 3 is 2.74 bits per heavy atom. The van der Waals surface area contributed by atoms with Crippen LogP contribution in [0.1, 0.15) is 16.8 Å². The minimum atomic E-state index is -0.639. The summed E-state index contributed by atoms with van der Waals surface area (Å²) in [5.74, 6) is -1.06. The molecule has 0 atom stereocenters. The number of hydrogen-bond acceptors (Lipinski definition) is 7. The number of nitrogens with zero attached hydrogens (tertiary/aromatic N) is 2. The highest BCUT2D eigenvalue weighted by Crippen LogP contribution is 2.23. The van der Waals surface area contributed by atoms with E-state index in [2.05, 4.69) is 5.32 Å². The fourth-order valence-corrected chi connectivity index (χ4v) is 2.78. The van der Waals surface area contributed by atoms with E-state index in [-0.39, 0.29) is 30.5 Å². The fourth-order valence-electron chi connectivity index (χ4n) is 1.91. The lowest BCUT2D eigenvalue weighted by Crippen LogP contribution is -2.32. The van der Waals surface area contributed by atoms with Crippen LogP contribution in [0.3, 0.4) is 0 Å². The Balaban J connectivity index is 2.57. The molecule has 0 spiro atoms. The monoisotopic (exact) mass is 393 g/mol. The number of likely N-dealkylation sites (N-methyl/N-ethyl adjacent to an activating group) is 1. The molecule has 1 rings (SSSR count). The number of carbonyl (C=O) groups is 3. The van der Waals surface area contributed by atoms with E-state index in [1.54, 1.807) is 38.4 Å². The maximum Gasteiger partial charge on any atom is 0.339 e. The van der Waals surface area contributed by atoms with Crippen LogP contribution in [0.25, 0.3) is 0 Å². The van der Waals surface area contributed by atoms with E-state index in [1.165, 1.54) is 16.7 Å². The van der Waals surface area contributed by atoms with Crippen molar-refractivity contribution in [3.05, 3.63) is 29.8 Å². The van der Waals surface area contributed by atoms with Gasteiger partial charge in [0.2, 0.25) is 5.91 Å². The quantitative estimate of drug-likeness (QED) is 0.340. The van der Waals surface area contributed by atoms with E-state index < -0.39 is 12.6 Å². The van der Waals surface area contributed by atoms with Gasteiger partial charge in [-0.05, 0) is 12.1 Å². The largest absolute Gasteiger partial charge is 0.452 e. The summed E-state index contributed by atoms with van der Waals surface area (Å²) >= 11 is 1.21. The Bertz CT molecular complexity index is 690. The first kappa shape index (κ1) is 22.5. The lowest BCUT2D eigenvalue weighted by Gasteiger charge is -2.15. The van der Waals surface area contributed by atoms with Crippen molar-refractivity contribution in [2.24, 2.45) is 0 Å². The number of nitrogens with one attached hydrogen (secondary N) is 1.